The molecule has 1 aliphatic rings. The molecule has 1 heterocycles. The first-order valence-corrected chi connectivity index (χ1v) is 14.1. The van der Waals surface area contributed by atoms with E-state index in [1.165, 1.54) is 12.8 Å². The standard InChI is InChI=1S/C9H22O2P4S/c1-2-3-5-8-6-4-7-16(10,11)9(8)15(13)14-12/h8-9,14H,2-7,12-13H2,1H3/t8-,9+,15?/m0/s1. The van der Waals surface area contributed by atoms with Gasteiger partial charge in [-0.15, -0.1) is 17.9 Å². The van der Waals surface area contributed by atoms with Gasteiger partial charge in [-0.25, -0.2) is 8.42 Å². The zero-order chi connectivity index (χ0) is 12.2. The Hall–Kier alpha value is 1.67. The van der Waals surface area contributed by atoms with Crippen LogP contribution in [0, 0.1) is 5.92 Å². The SMILES string of the molecule is CCCC[C@H]1CCCS(=O)(=O)[C@H]1P(P)PP. The summed E-state index contributed by atoms with van der Waals surface area (Å²) >= 11 is 0. The normalized spacial score (nSPS) is 31.9. The molecule has 96 valence electrons. The Morgan fingerprint density at radius 1 is 1.50 bits per heavy atom. The second-order valence-electron chi connectivity index (χ2n) is 4.34. The molecule has 0 aromatic heterocycles. The smallest absolute Gasteiger partial charge is 0.158 e. The van der Waals surface area contributed by atoms with Crippen molar-refractivity contribution in [3.8, 4) is 0 Å². The second kappa shape index (κ2) is 7.31. The Labute approximate surface area is 107 Å². The lowest BCUT2D eigenvalue weighted by atomic mass is 9.98. The highest BCUT2D eigenvalue weighted by Crippen LogP contribution is 2.72. The molecule has 0 aromatic rings. The molecule has 6 atom stereocenters. The van der Waals surface area contributed by atoms with Crippen molar-refractivity contribution in [2.75, 3.05) is 5.75 Å². The van der Waals surface area contributed by atoms with Crippen molar-refractivity contribution < 1.29 is 8.42 Å². The third-order valence-corrected chi connectivity index (χ3v) is 18.6. The largest absolute Gasteiger partial charge is 0.228 e. The van der Waals surface area contributed by atoms with Crippen LogP contribution in [0.2, 0.25) is 0 Å². The average Bonchev–Trinajstić information content (AvgIpc) is 2.24. The fraction of sp³-hybridized carbons (Fsp3) is 1.00. The summed E-state index contributed by atoms with van der Waals surface area (Å²) in [6.45, 7) is 2.17. The van der Waals surface area contributed by atoms with Crippen molar-refractivity contribution in [1.29, 1.82) is 0 Å². The van der Waals surface area contributed by atoms with Crippen molar-refractivity contribution >= 4 is 43.0 Å². The fourth-order valence-corrected chi connectivity index (χ4v) is 14.5. The molecule has 1 aliphatic heterocycles. The Kier molecular flexibility index (Phi) is 7.18. The van der Waals surface area contributed by atoms with Gasteiger partial charge in [0, 0.05) is 0 Å². The Bertz CT molecular complexity index is 307. The van der Waals surface area contributed by atoms with Crippen molar-refractivity contribution in [1.82, 2.24) is 0 Å². The highest BCUT2D eigenvalue weighted by molar-refractivity contribution is 8.62. The minimum Gasteiger partial charge on any atom is -0.228 e. The summed E-state index contributed by atoms with van der Waals surface area (Å²) in [7, 11) is 2.99. The Morgan fingerprint density at radius 2 is 2.19 bits per heavy atom. The first-order chi connectivity index (χ1) is 7.53. The summed E-state index contributed by atoms with van der Waals surface area (Å²) in [5.41, 5.74) is 0. The molecular formula is C9H22O2P4S. The summed E-state index contributed by atoms with van der Waals surface area (Å²) in [5.74, 6) is 0.846. The number of unbranched alkanes of at least 4 members (excludes halogenated alkanes) is 1. The molecule has 1 rings (SSSR count). The second-order valence-corrected chi connectivity index (χ2v) is 16.4. The van der Waals surface area contributed by atoms with Gasteiger partial charge in [0.15, 0.2) is 9.84 Å². The molecule has 0 amide bonds. The predicted molar refractivity (Wildman–Crippen MR) is 84.5 cm³/mol. The molecule has 0 saturated carbocycles. The molecule has 0 aromatic carbocycles. The first kappa shape index (κ1) is 15.7. The van der Waals surface area contributed by atoms with E-state index in [0.29, 0.717) is 19.6 Å². The molecule has 0 N–H and O–H groups in total. The Morgan fingerprint density at radius 3 is 2.75 bits per heavy atom. The van der Waals surface area contributed by atoms with Crippen LogP contribution in [0.3, 0.4) is 0 Å². The molecule has 1 saturated heterocycles. The number of rotatable bonds is 5. The molecule has 0 bridgehead atoms. The predicted octanol–water partition coefficient (Wildman–Crippen LogP) is 3.98. The molecular weight excluding hydrogens is 296 g/mol. The van der Waals surface area contributed by atoms with Crippen LogP contribution < -0.4 is 0 Å². The van der Waals surface area contributed by atoms with Crippen LogP contribution in [-0.2, 0) is 9.84 Å². The maximum atomic E-state index is 12.2. The van der Waals surface area contributed by atoms with E-state index in [2.05, 4.69) is 24.8 Å². The van der Waals surface area contributed by atoms with Crippen molar-refractivity contribution in [3.63, 3.8) is 0 Å². The highest BCUT2D eigenvalue weighted by Gasteiger charge is 2.39. The maximum Gasteiger partial charge on any atom is 0.158 e. The van der Waals surface area contributed by atoms with Crippen molar-refractivity contribution in [3.05, 3.63) is 0 Å². The van der Waals surface area contributed by atoms with Gasteiger partial charge in [0.2, 0.25) is 0 Å². The van der Waals surface area contributed by atoms with E-state index in [9.17, 15) is 8.42 Å². The molecule has 7 heteroatoms. The van der Waals surface area contributed by atoms with Gasteiger partial charge in [-0.2, -0.15) is 0 Å². The third kappa shape index (κ3) is 4.10. The molecule has 4 unspecified atom stereocenters. The minimum atomic E-state index is -2.81. The van der Waals surface area contributed by atoms with Gasteiger partial charge >= 0.3 is 0 Å². The van der Waals surface area contributed by atoms with E-state index in [4.69, 9.17) is 0 Å². The lowest BCUT2D eigenvalue weighted by Crippen LogP contribution is -2.33. The molecule has 0 aliphatic carbocycles. The van der Waals surface area contributed by atoms with Crippen molar-refractivity contribution in [2.45, 2.75) is 44.0 Å². The summed E-state index contributed by atoms with van der Waals surface area (Å²) in [6.07, 6.45) is 5.43. The van der Waals surface area contributed by atoms with E-state index in [-0.39, 0.29) is 4.99 Å². The van der Waals surface area contributed by atoms with Gasteiger partial charge in [0.25, 0.3) is 0 Å². The maximum absolute atomic E-state index is 12.2. The van der Waals surface area contributed by atoms with Crippen LogP contribution in [0.15, 0.2) is 0 Å². The average molecular weight is 318 g/mol. The zero-order valence-electron chi connectivity index (χ0n) is 9.72. The molecule has 1 fully saturated rings. The summed E-state index contributed by atoms with van der Waals surface area (Å²) in [4.78, 5) is -0.0383. The van der Waals surface area contributed by atoms with E-state index < -0.39 is 17.1 Å². The van der Waals surface area contributed by atoms with E-state index in [1.54, 1.807) is 0 Å². The fourth-order valence-electron chi connectivity index (χ4n) is 2.33. The van der Waals surface area contributed by atoms with Gasteiger partial charge < -0.3 is 0 Å². The van der Waals surface area contributed by atoms with E-state index >= 15 is 0 Å². The van der Waals surface area contributed by atoms with Gasteiger partial charge in [-0.3, -0.25) is 0 Å². The minimum absolute atomic E-state index is 0.0383. The lowest BCUT2D eigenvalue weighted by molar-refractivity contribution is 0.428. The van der Waals surface area contributed by atoms with Crippen LogP contribution in [-0.4, -0.2) is 19.2 Å². The molecule has 2 nitrogen and oxygen atoms in total. The third-order valence-electron chi connectivity index (χ3n) is 3.13. The number of hydrogen-bond donors (Lipinski definition) is 0. The summed E-state index contributed by atoms with van der Waals surface area (Å²) in [6, 6.07) is 0. The summed E-state index contributed by atoms with van der Waals surface area (Å²) < 4.78 is 24.3. The van der Waals surface area contributed by atoms with Gasteiger partial charge in [0.05, 0.1) is 10.7 Å². The van der Waals surface area contributed by atoms with Crippen molar-refractivity contribution in [2.24, 2.45) is 5.92 Å². The number of hydrogen-bond acceptors (Lipinski definition) is 2. The molecule has 0 spiro atoms. The highest BCUT2D eigenvalue weighted by atomic mass is 32.6. The number of sulfone groups is 1. The van der Waals surface area contributed by atoms with Gasteiger partial charge in [-0.05, 0) is 32.5 Å². The van der Waals surface area contributed by atoms with Gasteiger partial charge in [-0.1, -0.05) is 27.7 Å². The quantitative estimate of drug-likeness (QED) is 0.719. The summed E-state index contributed by atoms with van der Waals surface area (Å²) in [5, 5.41) is 0. The van der Waals surface area contributed by atoms with Crippen LogP contribution >= 0.6 is 33.1 Å². The zero-order valence-corrected chi connectivity index (χ0v) is 14.7. The van der Waals surface area contributed by atoms with Crippen LogP contribution in [0.25, 0.3) is 0 Å². The van der Waals surface area contributed by atoms with E-state index in [0.717, 1.165) is 19.3 Å². The molecule has 0 radical (unpaired) electrons. The lowest BCUT2D eigenvalue weighted by Gasteiger charge is -2.34. The van der Waals surface area contributed by atoms with Crippen LogP contribution in [0.5, 0.6) is 0 Å². The van der Waals surface area contributed by atoms with Crippen LogP contribution in [0.4, 0.5) is 0 Å². The van der Waals surface area contributed by atoms with Gasteiger partial charge in [0.1, 0.15) is 0 Å². The Balaban J connectivity index is 2.80. The first-order valence-electron chi connectivity index (χ1n) is 5.74. The van der Waals surface area contributed by atoms with E-state index in [1.807, 2.05) is 0 Å². The van der Waals surface area contributed by atoms with Crippen LogP contribution in [0.1, 0.15) is 39.0 Å². The molecule has 16 heavy (non-hydrogen) atoms. The topological polar surface area (TPSA) is 34.1 Å². The monoisotopic (exact) mass is 318 g/mol.